The molecule has 0 aliphatic heterocycles. The summed E-state index contributed by atoms with van der Waals surface area (Å²) < 4.78 is 19.1. The van der Waals surface area contributed by atoms with Crippen LogP contribution in [0, 0.1) is 12.7 Å². The van der Waals surface area contributed by atoms with E-state index in [0.717, 1.165) is 29.7 Å². The van der Waals surface area contributed by atoms with Gasteiger partial charge in [-0.15, -0.1) is 0 Å². The van der Waals surface area contributed by atoms with Crippen molar-refractivity contribution in [1.29, 1.82) is 0 Å². The van der Waals surface area contributed by atoms with Gasteiger partial charge in [0.05, 0.1) is 13.2 Å². The molecule has 0 aliphatic carbocycles. The molecular formula is C17H21FN2O. The van der Waals surface area contributed by atoms with Crippen molar-refractivity contribution < 1.29 is 9.13 Å². The Bertz CT molecular complexity index is 601. The van der Waals surface area contributed by atoms with Gasteiger partial charge in [-0.05, 0) is 55.3 Å². The fourth-order valence-electron chi connectivity index (χ4n) is 2.41. The number of halogens is 1. The Balaban J connectivity index is 2.50. The Labute approximate surface area is 125 Å². The maximum Gasteiger partial charge on any atom is 0.124 e. The average Bonchev–Trinajstić information content (AvgIpc) is 2.49. The number of ether oxygens (including phenoxy) is 1. The largest absolute Gasteiger partial charge is 0.496 e. The van der Waals surface area contributed by atoms with Gasteiger partial charge in [0.1, 0.15) is 11.6 Å². The number of hydrogen-bond acceptors (Lipinski definition) is 3. The minimum Gasteiger partial charge on any atom is -0.496 e. The van der Waals surface area contributed by atoms with Crippen molar-refractivity contribution in [3.8, 4) is 5.75 Å². The van der Waals surface area contributed by atoms with Crippen LogP contribution in [0.3, 0.4) is 0 Å². The summed E-state index contributed by atoms with van der Waals surface area (Å²) in [6, 6.07) is 6.47. The van der Waals surface area contributed by atoms with Crippen LogP contribution < -0.4 is 10.1 Å². The fraction of sp³-hybridized carbons (Fsp3) is 0.353. The molecule has 0 bridgehead atoms. The maximum absolute atomic E-state index is 13.7. The molecule has 1 heterocycles. The van der Waals surface area contributed by atoms with Crippen molar-refractivity contribution >= 4 is 0 Å². The zero-order valence-electron chi connectivity index (χ0n) is 12.7. The molecule has 112 valence electrons. The highest BCUT2D eigenvalue weighted by molar-refractivity contribution is 5.43. The molecule has 4 heteroatoms. The first-order valence-electron chi connectivity index (χ1n) is 7.14. The van der Waals surface area contributed by atoms with Gasteiger partial charge in [-0.1, -0.05) is 6.92 Å². The van der Waals surface area contributed by atoms with Gasteiger partial charge < -0.3 is 10.1 Å². The van der Waals surface area contributed by atoms with Crippen LogP contribution >= 0.6 is 0 Å². The summed E-state index contributed by atoms with van der Waals surface area (Å²) in [4.78, 5) is 4.13. The summed E-state index contributed by atoms with van der Waals surface area (Å²) in [5, 5.41) is 3.47. The highest BCUT2D eigenvalue weighted by Crippen LogP contribution is 2.32. The number of nitrogens with one attached hydrogen (secondary N) is 1. The molecular weight excluding hydrogens is 267 g/mol. The van der Waals surface area contributed by atoms with Crippen LogP contribution in [0.4, 0.5) is 4.39 Å². The first-order valence-corrected chi connectivity index (χ1v) is 7.14. The normalized spacial score (nSPS) is 12.2. The smallest absolute Gasteiger partial charge is 0.124 e. The Kier molecular flexibility index (Phi) is 5.28. The summed E-state index contributed by atoms with van der Waals surface area (Å²) in [6.45, 7) is 4.95. The van der Waals surface area contributed by atoms with Gasteiger partial charge in [-0.3, -0.25) is 4.98 Å². The Hall–Kier alpha value is -1.94. The summed E-state index contributed by atoms with van der Waals surface area (Å²) >= 11 is 0. The van der Waals surface area contributed by atoms with Crippen LogP contribution in [-0.4, -0.2) is 18.6 Å². The second-order valence-corrected chi connectivity index (χ2v) is 5.01. The van der Waals surface area contributed by atoms with E-state index in [2.05, 4.69) is 17.2 Å². The van der Waals surface area contributed by atoms with Crippen molar-refractivity contribution in [1.82, 2.24) is 10.3 Å². The lowest BCUT2D eigenvalue weighted by Crippen LogP contribution is -2.24. The van der Waals surface area contributed by atoms with Gasteiger partial charge in [0.2, 0.25) is 0 Å². The van der Waals surface area contributed by atoms with Crippen LogP contribution in [0.5, 0.6) is 5.75 Å². The molecule has 0 fully saturated rings. The predicted molar refractivity (Wildman–Crippen MR) is 82.1 cm³/mol. The molecule has 0 saturated carbocycles. The van der Waals surface area contributed by atoms with Gasteiger partial charge in [-0.25, -0.2) is 4.39 Å². The lowest BCUT2D eigenvalue weighted by molar-refractivity contribution is 0.402. The number of hydrogen-bond donors (Lipinski definition) is 1. The fourth-order valence-corrected chi connectivity index (χ4v) is 2.41. The van der Waals surface area contributed by atoms with E-state index in [9.17, 15) is 4.39 Å². The van der Waals surface area contributed by atoms with E-state index in [4.69, 9.17) is 4.74 Å². The second-order valence-electron chi connectivity index (χ2n) is 5.01. The number of methoxy groups -OCH3 is 1. The number of rotatable bonds is 6. The zero-order valence-corrected chi connectivity index (χ0v) is 12.7. The van der Waals surface area contributed by atoms with Crippen molar-refractivity contribution in [2.24, 2.45) is 0 Å². The molecule has 21 heavy (non-hydrogen) atoms. The van der Waals surface area contributed by atoms with Gasteiger partial charge in [-0.2, -0.15) is 0 Å². The van der Waals surface area contributed by atoms with Crippen LogP contribution in [0.2, 0.25) is 0 Å². The monoisotopic (exact) mass is 288 g/mol. The number of benzene rings is 1. The van der Waals surface area contributed by atoms with Crippen molar-refractivity contribution in [3.63, 3.8) is 0 Å². The van der Waals surface area contributed by atoms with Crippen LogP contribution in [0.25, 0.3) is 0 Å². The average molecular weight is 288 g/mol. The molecule has 0 spiro atoms. The molecule has 1 unspecified atom stereocenters. The molecule has 1 aromatic heterocycles. The Morgan fingerprint density at radius 3 is 2.76 bits per heavy atom. The molecule has 2 aromatic rings. The van der Waals surface area contributed by atoms with Crippen LogP contribution in [0.1, 0.15) is 36.1 Å². The van der Waals surface area contributed by atoms with Crippen molar-refractivity contribution in [2.45, 2.75) is 26.3 Å². The topological polar surface area (TPSA) is 34.2 Å². The molecule has 1 aromatic carbocycles. The summed E-state index contributed by atoms with van der Waals surface area (Å²) in [6.07, 6.45) is 4.58. The van der Waals surface area contributed by atoms with E-state index in [0.29, 0.717) is 5.75 Å². The lowest BCUT2D eigenvalue weighted by Gasteiger charge is -2.23. The highest BCUT2D eigenvalue weighted by Gasteiger charge is 2.20. The third-order valence-corrected chi connectivity index (χ3v) is 3.48. The van der Waals surface area contributed by atoms with E-state index in [-0.39, 0.29) is 11.9 Å². The standard InChI is InChI=1S/C17H21FN2O/c1-4-8-20-17(14-7-9-19-11-12(14)2)15-10-13(18)5-6-16(15)21-3/h5-7,9-11,17,20H,4,8H2,1-3H3. The molecule has 0 amide bonds. The Morgan fingerprint density at radius 1 is 1.29 bits per heavy atom. The lowest BCUT2D eigenvalue weighted by atomic mass is 9.95. The SMILES string of the molecule is CCCNC(c1ccncc1C)c1cc(F)ccc1OC. The molecule has 0 saturated heterocycles. The molecule has 1 atom stereocenters. The summed E-state index contributed by atoms with van der Waals surface area (Å²) in [7, 11) is 1.60. The van der Waals surface area contributed by atoms with E-state index in [1.165, 1.54) is 12.1 Å². The maximum atomic E-state index is 13.7. The highest BCUT2D eigenvalue weighted by atomic mass is 19.1. The van der Waals surface area contributed by atoms with Gasteiger partial charge in [0.15, 0.2) is 0 Å². The Morgan fingerprint density at radius 2 is 2.10 bits per heavy atom. The minimum absolute atomic E-state index is 0.112. The van der Waals surface area contributed by atoms with Gasteiger partial charge >= 0.3 is 0 Å². The second kappa shape index (κ2) is 7.18. The first-order chi connectivity index (χ1) is 10.2. The van der Waals surface area contributed by atoms with E-state index in [1.807, 2.05) is 19.2 Å². The quantitative estimate of drug-likeness (QED) is 0.881. The number of pyridine rings is 1. The number of aromatic nitrogens is 1. The zero-order chi connectivity index (χ0) is 15.2. The molecule has 0 aliphatic rings. The number of nitrogens with zero attached hydrogens (tertiary/aromatic N) is 1. The summed E-state index contributed by atoms with van der Waals surface area (Å²) in [5.74, 6) is 0.419. The van der Waals surface area contributed by atoms with Gasteiger partial charge in [0, 0.05) is 18.0 Å². The molecule has 3 nitrogen and oxygen atoms in total. The third-order valence-electron chi connectivity index (χ3n) is 3.48. The third kappa shape index (κ3) is 3.58. The molecule has 0 radical (unpaired) electrons. The first kappa shape index (κ1) is 15.4. The van der Waals surface area contributed by atoms with Gasteiger partial charge in [0.25, 0.3) is 0 Å². The van der Waals surface area contributed by atoms with E-state index < -0.39 is 0 Å². The minimum atomic E-state index is -0.263. The van der Waals surface area contributed by atoms with E-state index in [1.54, 1.807) is 19.4 Å². The van der Waals surface area contributed by atoms with Crippen LogP contribution in [0.15, 0.2) is 36.7 Å². The van der Waals surface area contributed by atoms with E-state index >= 15 is 0 Å². The number of aryl methyl sites for hydroxylation is 1. The van der Waals surface area contributed by atoms with Crippen molar-refractivity contribution in [2.75, 3.05) is 13.7 Å². The van der Waals surface area contributed by atoms with Crippen LogP contribution in [-0.2, 0) is 0 Å². The molecule has 2 rings (SSSR count). The molecule has 1 N–H and O–H groups in total. The van der Waals surface area contributed by atoms with Crippen molar-refractivity contribution in [3.05, 3.63) is 59.2 Å². The predicted octanol–water partition coefficient (Wildman–Crippen LogP) is 3.63. The summed E-state index contributed by atoms with van der Waals surface area (Å²) in [5.41, 5.74) is 2.96.